The first-order valence-corrected chi connectivity index (χ1v) is 8.93. The number of hydrogen-bond acceptors (Lipinski definition) is 3. The van der Waals surface area contributed by atoms with Crippen LogP contribution in [0.1, 0.15) is 17.2 Å². The molecule has 1 N–H and O–H groups in total. The Morgan fingerprint density at radius 1 is 0.889 bits per heavy atom. The molecule has 1 aromatic heterocycles. The summed E-state index contributed by atoms with van der Waals surface area (Å²) in [5.74, 6) is 0. The molecular formula is C23H20N2O2. The van der Waals surface area contributed by atoms with E-state index in [2.05, 4.69) is 5.10 Å². The van der Waals surface area contributed by atoms with Gasteiger partial charge in [-0.1, -0.05) is 78.4 Å². The third-order valence-corrected chi connectivity index (χ3v) is 4.72. The Morgan fingerprint density at radius 2 is 1.52 bits per heavy atom. The second-order valence-corrected chi connectivity index (χ2v) is 6.67. The third kappa shape index (κ3) is 3.39. The second-order valence-electron chi connectivity index (χ2n) is 6.67. The fourth-order valence-corrected chi connectivity index (χ4v) is 3.23. The lowest BCUT2D eigenvalue weighted by Crippen LogP contribution is -2.26. The van der Waals surface area contributed by atoms with Crippen molar-refractivity contribution < 1.29 is 5.11 Å². The van der Waals surface area contributed by atoms with Gasteiger partial charge in [0.1, 0.15) is 0 Å². The molecule has 0 fully saturated rings. The van der Waals surface area contributed by atoms with Crippen molar-refractivity contribution in [1.29, 1.82) is 0 Å². The lowest BCUT2D eigenvalue weighted by molar-refractivity contribution is 0.150. The average Bonchev–Trinajstić information content (AvgIpc) is 2.71. The number of benzene rings is 3. The molecule has 0 radical (unpaired) electrons. The van der Waals surface area contributed by atoms with E-state index in [9.17, 15) is 9.90 Å². The number of nitrogens with zero attached hydrogens (tertiary/aromatic N) is 2. The molecule has 0 aliphatic carbocycles. The highest BCUT2D eigenvalue weighted by molar-refractivity contribution is 5.93. The predicted octanol–water partition coefficient (Wildman–Crippen LogP) is 4.11. The highest BCUT2D eigenvalue weighted by Crippen LogP contribution is 2.25. The summed E-state index contributed by atoms with van der Waals surface area (Å²) in [5, 5.41) is 16.6. The number of hydrogen-bond donors (Lipinski definition) is 1. The molecule has 4 rings (SSSR count). The molecule has 3 aromatic carbocycles. The monoisotopic (exact) mass is 356 g/mol. The van der Waals surface area contributed by atoms with Crippen molar-refractivity contribution in [2.45, 2.75) is 19.6 Å². The molecule has 0 saturated heterocycles. The van der Waals surface area contributed by atoms with Gasteiger partial charge < -0.3 is 5.11 Å². The quantitative estimate of drug-likeness (QED) is 0.599. The van der Waals surface area contributed by atoms with E-state index in [-0.39, 0.29) is 12.1 Å². The van der Waals surface area contributed by atoms with E-state index < -0.39 is 6.10 Å². The van der Waals surface area contributed by atoms with Crippen LogP contribution in [0.5, 0.6) is 0 Å². The van der Waals surface area contributed by atoms with Gasteiger partial charge in [0.15, 0.2) is 0 Å². The van der Waals surface area contributed by atoms with Gasteiger partial charge in [0.2, 0.25) is 0 Å². The Balaban J connectivity index is 1.82. The third-order valence-electron chi connectivity index (χ3n) is 4.72. The second kappa shape index (κ2) is 7.17. The topological polar surface area (TPSA) is 55.1 Å². The maximum absolute atomic E-state index is 12.9. The lowest BCUT2D eigenvalue weighted by Gasteiger charge is -2.15. The number of aryl methyl sites for hydroxylation is 1. The SMILES string of the molecule is Cc1ccc(C(O)Cn2nc(-c3ccccc3)c3ccccc3c2=O)cc1. The molecule has 0 bridgehead atoms. The zero-order valence-electron chi connectivity index (χ0n) is 15.0. The van der Waals surface area contributed by atoms with Crippen LogP contribution in [0.2, 0.25) is 0 Å². The molecule has 1 heterocycles. The maximum atomic E-state index is 12.9. The number of fused-ring (bicyclic) bond motifs is 1. The van der Waals surface area contributed by atoms with Gasteiger partial charge >= 0.3 is 0 Å². The summed E-state index contributed by atoms with van der Waals surface area (Å²) < 4.78 is 1.37. The minimum absolute atomic E-state index is 0.104. The molecular weight excluding hydrogens is 336 g/mol. The van der Waals surface area contributed by atoms with Crippen LogP contribution < -0.4 is 5.56 Å². The molecule has 134 valence electrons. The van der Waals surface area contributed by atoms with Crippen molar-refractivity contribution in [3.8, 4) is 11.3 Å². The van der Waals surface area contributed by atoms with Gasteiger partial charge in [-0.2, -0.15) is 5.10 Å². The summed E-state index contributed by atoms with van der Waals surface area (Å²) in [4.78, 5) is 12.9. The highest BCUT2D eigenvalue weighted by Gasteiger charge is 2.15. The number of aliphatic hydroxyl groups excluding tert-OH is 1. The molecule has 0 amide bonds. The van der Waals surface area contributed by atoms with Crippen molar-refractivity contribution in [2.24, 2.45) is 0 Å². The summed E-state index contributed by atoms with van der Waals surface area (Å²) in [6, 6.07) is 24.9. The van der Waals surface area contributed by atoms with Crippen LogP contribution in [0.15, 0.2) is 83.7 Å². The van der Waals surface area contributed by atoms with Crippen LogP contribution in [0.25, 0.3) is 22.0 Å². The lowest BCUT2D eigenvalue weighted by atomic mass is 10.0. The smallest absolute Gasteiger partial charge is 0.274 e. The van der Waals surface area contributed by atoms with Crippen LogP contribution in [0.3, 0.4) is 0 Å². The van der Waals surface area contributed by atoms with Gasteiger partial charge in [0.05, 0.1) is 23.7 Å². The first kappa shape index (κ1) is 17.2. The molecule has 4 nitrogen and oxygen atoms in total. The van der Waals surface area contributed by atoms with E-state index in [0.29, 0.717) is 5.39 Å². The van der Waals surface area contributed by atoms with Crippen LogP contribution in [-0.2, 0) is 6.54 Å². The van der Waals surface area contributed by atoms with Crippen molar-refractivity contribution in [3.05, 3.63) is 100 Å². The number of aliphatic hydroxyl groups is 1. The molecule has 4 heteroatoms. The van der Waals surface area contributed by atoms with E-state index >= 15 is 0 Å². The van der Waals surface area contributed by atoms with E-state index in [1.165, 1.54) is 4.68 Å². The van der Waals surface area contributed by atoms with Crippen molar-refractivity contribution in [3.63, 3.8) is 0 Å². The summed E-state index contributed by atoms with van der Waals surface area (Å²) in [5.41, 5.74) is 3.37. The molecule has 0 aliphatic heterocycles. The normalized spacial score (nSPS) is 12.2. The van der Waals surface area contributed by atoms with E-state index in [4.69, 9.17) is 0 Å². The van der Waals surface area contributed by atoms with Crippen molar-refractivity contribution >= 4 is 10.8 Å². The fourth-order valence-electron chi connectivity index (χ4n) is 3.23. The van der Waals surface area contributed by atoms with Crippen LogP contribution in [0.4, 0.5) is 0 Å². The molecule has 0 spiro atoms. The van der Waals surface area contributed by atoms with Crippen LogP contribution in [-0.4, -0.2) is 14.9 Å². The van der Waals surface area contributed by atoms with Crippen LogP contribution in [0, 0.1) is 6.92 Å². The summed E-state index contributed by atoms with van der Waals surface area (Å²) >= 11 is 0. The number of aromatic nitrogens is 2. The number of rotatable bonds is 4. The summed E-state index contributed by atoms with van der Waals surface area (Å²) in [7, 11) is 0. The average molecular weight is 356 g/mol. The van der Waals surface area contributed by atoms with Crippen molar-refractivity contribution in [2.75, 3.05) is 0 Å². The van der Waals surface area contributed by atoms with Crippen LogP contribution >= 0.6 is 0 Å². The Hall–Kier alpha value is -3.24. The van der Waals surface area contributed by atoms with E-state index in [1.54, 1.807) is 6.07 Å². The molecule has 0 aliphatic rings. The van der Waals surface area contributed by atoms with Gasteiger partial charge in [0.25, 0.3) is 5.56 Å². The minimum Gasteiger partial charge on any atom is -0.386 e. The Labute approximate surface area is 157 Å². The van der Waals surface area contributed by atoms with Gasteiger partial charge in [-0.3, -0.25) is 4.79 Å². The first-order chi connectivity index (χ1) is 13.1. The minimum atomic E-state index is -0.805. The predicted molar refractivity (Wildman–Crippen MR) is 108 cm³/mol. The largest absolute Gasteiger partial charge is 0.386 e. The van der Waals surface area contributed by atoms with Crippen molar-refractivity contribution in [1.82, 2.24) is 9.78 Å². The summed E-state index contributed by atoms with van der Waals surface area (Å²) in [6.07, 6.45) is -0.805. The molecule has 4 aromatic rings. The summed E-state index contributed by atoms with van der Waals surface area (Å²) in [6.45, 7) is 2.10. The fraction of sp³-hybridized carbons (Fsp3) is 0.130. The zero-order valence-corrected chi connectivity index (χ0v) is 15.0. The first-order valence-electron chi connectivity index (χ1n) is 8.93. The maximum Gasteiger partial charge on any atom is 0.274 e. The molecule has 27 heavy (non-hydrogen) atoms. The highest BCUT2D eigenvalue weighted by atomic mass is 16.3. The Morgan fingerprint density at radius 3 is 2.22 bits per heavy atom. The zero-order chi connectivity index (χ0) is 18.8. The molecule has 0 saturated carbocycles. The van der Waals surface area contributed by atoms with Gasteiger partial charge in [-0.15, -0.1) is 0 Å². The Kier molecular flexibility index (Phi) is 4.57. The standard InChI is InChI=1S/C23H20N2O2/c1-16-11-13-17(14-12-16)21(26)15-25-23(27)20-10-6-5-9-19(20)22(24-25)18-7-3-2-4-8-18/h2-14,21,26H,15H2,1H3. The van der Waals surface area contributed by atoms with Gasteiger partial charge in [-0.25, -0.2) is 4.68 Å². The van der Waals surface area contributed by atoms with Gasteiger partial charge in [0, 0.05) is 10.9 Å². The molecule has 1 unspecified atom stereocenters. The molecule has 1 atom stereocenters. The van der Waals surface area contributed by atoms with Gasteiger partial charge in [-0.05, 0) is 18.6 Å². The van der Waals surface area contributed by atoms with E-state index in [1.807, 2.05) is 79.7 Å². The Bertz CT molecular complexity index is 1130. The van der Waals surface area contributed by atoms with E-state index in [0.717, 1.165) is 27.8 Å².